The zero-order chi connectivity index (χ0) is 20.6. The third-order valence-electron chi connectivity index (χ3n) is 5.30. The maximum absolute atomic E-state index is 12.8. The van der Waals surface area contributed by atoms with Crippen molar-refractivity contribution in [3.05, 3.63) is 28.4 Å². The van der Waals surface area contributed by atoms with Crippen LogP contribution in [-0.2, 0) is 19.6 Å². The molecule has 0 aromatic heterocycles. The van der Waals surface area contributed by atoms with Crippen molar-refractivity contribution in [3.63, 3.8) is 0 Å². The third-order valence-corrected chi connectivity index (χ3v) is 9.65. The number of hydrogen-bond donors (Lipinski definition) is 2. The van der Waals surface area contributed by atoms with Crippen LogP contribution in [0.2, 0.25) is 0 Å². The van der Waals surface area contributed by atoms with Gasteiger partial charge in [-0.25, -0.2) is 0 Å². The summed E-state index contributed by atoms with van der Waals surface area (Å²) in [6.45, 7) is -0.338. The second kappa shape index (κ2) is 9.18. The van der Waals surface area contributed by atoms with Gasteiger partial charge < -0.3 is 10.1 Å². The average Bonchev–Trinajstić information content (AvgIpc) is 3.17. The first-order chi connectivity index (χ1) is 13.0. The Bertz CT molecular complexity index is 906. The summed E-state index contributed by atoms with van der Waals surface area (Å²) in [7, 11) is -4.14. The van der Waals surface area contributed by atoms with Crippen LogP contribution in [0.1, 0.15) is 29.6 Å². The molecule has 3 rings (SSSR count). The van der Waals surface area contributed by atoms with Crippen molar-refractivity contribution in [1.29, 1.82) is 0 Å². The molecular weight excluding hydrogens is 727 g/mol. The number of carbonyl (C=O) groups excluding carboxylic acids is 2. The Morgan fingerprint density at radius 1 is 1.14 bits per heavy atom. The molecule has 2 saturated carbocycles. The number of ether oxygens (including phenoxy) is 1. The standard InChI is InChI=1S/C17H18I3NO6S/c18-10-6-12(15(20)13(19)7-10)16(22)21-14-5-8-3-9(14)4-11(8)17(23)27-1-2-28(24,25)26/h6-9,11,14H,1-5H2,(H,21,22)(H,24,25,26). The normalized spacial score (nSPS) is 26.3. The molecule has 0 saturated heterocycles. The topological polar surface area (TPSA) is 110 Å². The molecule has 154 valence electrons. The molecule has 28 heavy (non-hydrogen) atoms. The predicted molar refractivity (Wildman–Crippen MR) is 128 cm³/mol. The van der Waals surface area contributed by atoms with E-state index in [9.17, 15) is 18.0 Å². The van der Waals surface area contributed by atoms with Crippen LogP contribution in [0.3, 0.4) is 0 Å². The number of fused-ring (bicyclic) bond motifs is 2. The van der Waals surface area contributed by atoms with E-state index in [1.807, 2.05) is 12.1 Å². The zero-order valence-corrected chi connectivity index (χ0v) is 21.8. The van der Waals surface area contributed by atoms with Crippen LogP contribution in [0, 0.1) is 28.5 Å². The van der Waals surface area contributed by atoms with Gasteiger partial charge in [0.2, 0.25) is 0 Å². The predicted octanol–water partition coefficient (Wildman–Crippen LogP) is 3.08. The molecule has 2 bridgehead atoms. The fourth-order valence-corrected chi connectivity index (χ4v) is 6.76. The molecule has 0 radical (unpaired) electrons. The molecule has 0 aliphatic heterocycles. The van der Waals surface area contributed by atoms with Crippen LogP contribution in [0.15, 0.2) is 12.1 Å². The molecule has 0 spiro atoms. The van der Waals surface area contributed by atoms with Gasteiger partial charge in [0.1, 0.15) is 12.4 Å². The monoisotopic (exact) mass is 745 g/mol. The molecular formula is C17H18I3NO6S. The molecule has 2 fully saturated rings. The van der Waals surface area contributed by atoms with Gasteiger partial charge in [0.05, 0.1) is 11.5 Å². The molecule has 4 atom stereocenters. The smallest absolute Gasteiger partial charge is 0.309 e. The van der Waals surface area contributed by atoms with Crippen LogP contribution in [-0.4, -0.2) is 43.2 Å². The van der Waals surface area contributed by atoms with Crippen LogP contribution in [0.25, 0.3) is 0 Å². The molecule has 2 aliphatic rings. The van der Waals surface area contributed by atoms with Crippen molar-refractivity contribution in [2.45, 2.75) is 25.3 Å². The lowest BCUT2D eigenvalue weighted by atomic mass is 9.86. The maximum atomic E-state index is 12.8. The van der Waals surface area contributed by atoms with E-state index in [0.717, 1.165) is 17.1 Å². The molecule has 2 N–H and O–H groups in total. The lowest BCUT2D eigenvalue weighted by Gasteiger charge is -2.27. The van der Waals surface area contributed by atoms with E-state index < -0.39 is 21.8 Å². The first-order valence-corrected chi connectivity index (χ1v) is 13.5. The van der Waals surface area contributed by atoms with Gasteiger partial charge in [0.15, 0.2) is 0 Å². The van der Waals surface area contributed by atoms with Crippen LogP contribution in [0.4, 0.5) is 0 Å². The lowest BCUT2D eigenvalue weighted by molar-refractivity contribution is -0.149. The minimum atomic E-state index is -4.14. The van der Waals surface area contributed by atoms with Crippen molar-refractivity contribution in [2.75, 3.05) is 12.4 Å². The van der Waals surface area contributed by atoms with Gasteiger partial charge in [-0.05, 0) is 111 Å². The van der Waals surface area contributed by atoms with E-state index in [2.05, 4.69) is 73.1 Å². The van der Waals surface area contributed by atoms with Crippen molar-refractivity contribution in [3.8, 4) is 0 Å². The molecule has 11 heteroatoms. The molecule has 1 aromatic rings. The number of amides is 1. The van der Waals surface area contributed by atoms with Crippen LogP contribution < -0.4 is 5.32 Å². The van der Waals surface area contributed by atoms with E-state index in [4.69, 9.17) is 9.29 Å². The highest BCUT2D eigenvalue weighted by molar-refractivity contribution is 14.1. The summed E-state index contributed by atoms with van der Waals surface area (Å²) in [5.74, 6) is -1.02. The Kier molecular flexibility index (Phi) is 7.52. The summed E-state index contributed by atoms with van der Waals surface area (Å²) < 4.78 is 38.1. The van der Waals surface area contributed by atoms with Gasteiger partial charge in [-0.1, -0.05) is 0 Å². The minimum absolute atomic E-state index is 0.0331. The van der Waals surface area contributed by atoms with Crippen LogP contribution >= 0.6 is 67.8 Å². The van der Waals surface area contributed by atoms with Crippen molar-refractivity contribution in [2.24, 2.45) is 17.8 Å². The van der Waals surface area contributed by atoms with Gasteiger partial charge in [-0.3, -0.25) is 14.1 Å². The van der Waals surface area contributed by atoms with E-state index in [1.165, 1.54) is 0 Å². The third kappa shape index (κ3) is 5.49. The second-order valence-corrected chi connectivity index (χ2v) is 12.2. The second-order valence-electron chi connectivity index (χ2n) is 7.12. The zero-order valence-electron chi connectivity index (χ0n) is 14.5. The Morgan fingerprint density at radius 2 is 1.86 bits per heavy atom. The number of esters is 1. The average molecular weight is 745 g/mol. The summed E-state index contributed by atoms with van der Waals surface area (Å²) in [6.07, 6.45) is 2.19. The molecule has 7 nitrogen and oxygen atoms in total. The Labute approximate surface area is 204 Å². The summed E-state index contributed by atoms with van der Waals surface area (Å²) in [5.41, 5.74) is 0.667. The molecule has 1 amide bonds. The first kappa shape index (κ1) is 22.9. The van der Waals surface area contributed by atoms with Gasteiger partial charge in [-0.15, -0.1) is 0 Å². The Hall–Kier alpha value is 0.260. The molecule has 1 aromatic carbocycles. The highest BCUT2D eigenvalue weighted by Gasteiger charge is 2.49. The first-order valence-electron chi connectivity index (χ1n) is 8.62. The summed E-state index contributed by atoms with van der Waals surface area (Å²) in [5, 5.41) is 3.13. The van der Waals surface area contributed by atoms with Gasteiger partial charge >= 0.3 is 5.97 Å². The number of carbonyl (C=O) groups is 2. The molecule has 2 aliphatic carbocycles. The van der Waals surface area contributed by atoms with Crippen molar-refractivity contribution < 1.29 is 27.3 Å². The Balaban J connectivity index is 1.56. The number of benzene rings is 1. The maximum Gasteiger partial charge on any atom is 0.309 e. The lowest BCUT2D eigenvalue weighted by Crippen LogP contribution is -2.41. The number of nitrogens with one attached hydrogen (secondary N) is 1. The number of rotatable bonds is 6. The summed E-state index contributed by atoms with van der Waals surface area (Å²) in [4.78, 5) is 25.0. The number of halogens is 3. The summed E-state index contributed by atoms with van der Waals surface area (Å²) in [6, 6.07) is 3.93. The SMILES string of the molecule is O=C(NC1CC2CC1CC2C(=O)OCCS(=O)(=O)O)c1cc(I)cc(I)c1I. The quantitative estimate of drug-likeness (QED) is 0.201. The Morgan fingerprint density at radius 3 is 2.46 bits per heavy atom. The van der Waals surface area contributed by atoms with E-state index in [-0.39, 0.29) is 36.3 Å². The van der Waals surface area contributed by atoms with Gasteiger partial charge in [0, 0.05) is 16.8 Å². The largest absolute Gasteiger partial charge is 0.464 e. The van der Waals surface area contributed by atoms with Crippen molar-refractivity contribution >= 4 is 89.8 Å². The van der Waals surface area contributed by atoms with E-state index in [0.29, 0.717) is 18.4 Å². The molecule has 4 unspecified atom stereocenters. The number of hydrogen-bond acceptors (Lipinski definition) is 5. The highest BCUT2D eigenvalue weighted by Crippen LogP contribution is 2.49. The van der Waals surface area contributed by atoms with Crippen LogP contribution in [0.5, 0.6) is 0 Å². The van der Waals surface area contributed by atoms with E-state index in [1.54, 1.807) is 0 Å². The van der Waals surface area contributed by atoms with E-state index >= 15 is 0 Å². The van der Waals surface area contributed by atoms with Gasteiger partial charge in [0.25, 0.3) is 16.0 Å². The van der Waals surface area contributed by atoms with Gasteiger partial charge in [-0.2, -0.15) is 8.42 Å². The van der Waals surface area contributed by atoms with Crippen molar-refractivity contribution in [1.82, 2.24) is 5.32 Å². The fraction of sp³-hybridized carbons (Fsp3) is 0.529. The summed E-state index contributed by atoms with van der Waals surface area (Å²) >= 11 is 6.60. The minimum Gasteiger partial charge on any atom is -0.464 e. The molecule has 0 heterocycles. The highest BCUT2D eigenvalue weighted by atomic mass is 127. The fourth-order valence-electron chi connectivity index (χ4n) is 4.06.